The van der Waals surface area contributed by atoms with Gasteiger partial charge in [0, 0.05) is 44.5 Å². The molecule has 2 N–H and O–H groups in total. The number of amides is 2. The average Bonchev–Trinajstić information content (AvgIpc) is 2.83. The molecule has 0 atom stereocenters. The van der Waals surface area contributed by atoms with E-state index in [2.05, 4.69) is 15.5 Å². The average molecular weight is 463 g/mol. The predicted molar refractivity (Wildman–Crippen MR) is 135 cm³/mol. The van der Waals surface area contributed by atoms with Crippen LogP contribution in [0.1, 0.15) is 17.3 Å². The van der Waals surface area contributed by atoms with Crippen molar-refractivity contribution in [3.63, 3.8) is 0 Å². The minimum atomic E-state index is -0.338. The van der Waals surface area contributed by atoms with Gasteiger partial charge in [0.2, 0.25) is 5.91 Å². The van der Waals surface area contributed by atoms with Gasteiger partial charge in [0.25, 0.3) is 5.91 Å². The molecule has 2 amide bonds. The number of carbonyl (C=O) groups excluding carboxylic acids is 2. The highest BCUT2D eigenvalue weighted by Gasteiger charge is 2.19. The predicted octanol–water partition coefficient (Wildman–Crippen LogP) is 3.64. The van der Waals surface area contributed by atoms with E-state index in [0.717, 1.165) is 48.3 Å². The number of nitrogens with zero attached hydrogens (tertiary/aromatic N) is 2. The Bertz CT molecular complexity index is 1190. The van der Waals surface area contributed by atoms with Crippen molar-refractivity contribution in [1.29, 1.82) is 0 Å². The molecule has 170 valence electrons. The molecule has 1 heterocycles. The van der Waals surface area contributed by atoms with Crippen molar-refractivity contribution in [3.8, 4) is 5.75 Å². The van der Waals surface area contributed by atoms with Crippen LogP contribution in [0.15, 0.2) is 60.7 Å². The molecule has 1 aliphatic heterocycles. The molecule has 8 heteroatoms. The van der Waals surface area contributed by atoms with Crippen LogP contribution in [0.2, 0.25) is 0 Å². The first kappa shape index (κ1) is 22.5. The molecule has 4 rings (SSSR count). The summed E-state index contributed by atoms with van der Waals surface area (Å²) in [6.45, 7) is 4.66. The molecule has 1 saturated heterocycles. The second-order valence-electron chi connectivity index (χ2n) is 7.85. The van der Waals surface area contributed by atoms with Gasteiger partial charge in [-0.2, -0.15) is 0 Å². The number of piperazine rings is 1. The fourth-order valence-corrected chi connectivity index (χ4v) is 4.14. The van der Waals surface area contributed by atoms with Crippen molar-refractivity contribution < 1.29 is 14.3 Å². The molecule has 0 bridgehead atoms. The van der Waals surface area contributed by atoms with Crippen LogP contribution in [-0.2, 0) is 4.79 Å². The summed E-state index contributed by atoms with van der Waals surface area (Å²) in [6, 6.07) is 19.3. The maximum Gasteiger partial charge on any atom is 0.261 e. The van der Waals surface area contributed by atoms with Crippen molar-refractivity contribution in [2.75, 3.05) is 43.5 Å². The van der Waals surface area contributed by atoms with Crippen molar-refractivity contribution >= 4 is 51.3 Å². The van der Waals surface area contributed by atoms with E-state index in [1.54, 1.807) is 20.1 Å². The van der Waals surface area contributed by atoms with Gasteiger partial charge in [0.15, 0.2) is 5.11 Å². The number of fused-ring (bicyclic) bond motifs is 1. The molecular weight excluding hydrogens is 436 g/mol. The van der Waals surface area contributed by atoms with Crippen LogP contribution in [0.3, 0.4) is 0 Å². The van der Waals surface area contributed by atoms with Crippen molar-refractivity contribution in [2.24, 2.45) is 0 Å². The number of thiocarbonyl (C=S) groups is 1. The van der Waals surface area contributed by atoms with Gasteiger partial charge in [-0.05, 0) is 59.4 Å². The minimum Gasteiger partial charge on any atom is -0.496 e. The first-order valence-corrected chi connectivity index (χ1v) is 11.1. The van der Waals surface area contributed by atoms with E-state index in [-0.39, 0.29) is 16.9 Å². The summed E-state index contributed by atoms with van der Waals surface area (Å²) in [5.41, 5.74) is 2.27. The van der Waals surface area contributed by atoms with Crippen molar-refractivity contribution in [2.45, 2.75) is 6.92 Å². The van der Waals surface area contributed by atoms with E-state index < -0.39 is 0 Å². The first-order chi connectivity index (χ1) is 15.9. The highest BCUT2D eigenvalue weighted by atomic mass is 32.1. The molecule has 0 saturated carbocycles. The van der Waals surface area contributed by atoms with Gasteiger partial charge in [-0.25, -0.2) is 0 Å². The molecule has 3 aromatic rings. The number of anilines is 2. The molecule has 3 aromatic carbocycles. The topological polar surface area (TPSA) is 73.9 Å². The molecule has 0 spiro atoms. The van der Waals surface area contributed by atoms with E-state index in [0.29, 0.717) is 11.3 Å². The maximum atomic E-state index is 12.9. The zero-order chi connectivity index (χ0) is 23.4. The fourth-order valence-electron chi connectivity index (χ4n) is 3.93. The standard InChI is InChI=1S/C25H26N4O3S/c1-17(30)28-11-13-29(14-12-28)21-9-7-20(8-10-21)26-25(33)27-24(31)22-15-18-5-3-4-6-19(18)16-23(22)32-2/h3-10,15-16H,11-14H2,1-2H3,(H2,26,27,31,33). The van der Waals surface area contributed by atoms with Gasteiger partial charge < -0.3 is 19.9 Å². The smallest absolute Gasteiger partial charge is 0.261 e. The van der Waals surface area contributed by atoms with Gasteiger partial charge in [0.1, 0.15) is 5.75 Å². The lowest BCUT2D eigenvalue weighted by atomic mass is 10.1. The Hall–Kier alpha value is -3.65. The van der Waals surface area contributed by atoms with Crippen molar-refractivity contribution in [1.82, 2.24) is 10.2 Å². The van der Waals surface area contributed by atoms with Gasteiger partial charge >= 0.3 is 0 Å². The number of ether oxygens (including phenoxy) is 1. The quantitative estimate of drug-likeness (QED) is 0.577. The summed E-state index contributed by atoms with van der Waals surface area (Å²) < 4.78 is 5.41. The number of hydrogen-bond donors (Lipinski definition) is 2. The lowest BCUT2D eigenvalue weighted by molar-refractivity contribution is -0.129. The van der Waals surface area contributed by atoms with Crippen LogP contribution in [0.5, 0.6) is 5.75 Å². The molecule has 1 fully saturated rings. The summed E-state index contributed by atoms with van der Waals surface area (Å²) in [4.78, 5) is 28.5. The van der Waals surface area contributed by atoms with E-state index in [1.165, 1.54) is 0 Å². The van der Waals surface area contributed by atoms with Gasteiger partial charge in [-0.1, -0.05) is 24.3 Å². The molecule has 1 aliphatic rings. The Labute approximate surface area is 198 Å². The summed E-state index contributed by atoms with van der Waals surface area (Å²) in [5.74, 6) is 0.268. The first-order valence-electron chi connectivity index (χ1n) is 10.7. The Morgan fingerprint density at radius 1 is 0.939 bits per heavy atom. The number of benzene rings is 3. The number of methoxy groups -OCH3 is 1. The summed E-state index contributed by atoms with van der Waals surface area (Å²) in [6.07, 6.45) is 0. The largest absolute Gasteiger partial charge is 0.496 e. The van der Waals surface area contributed by atoms with Gasteiger partial charge in [-0.3, -0.25) is 14.9 Å². The van der Waals surface area contributed by atoms with E-state index >= 15 is 0 Å². The Kier molecular flexibility index (Phi) is 6.74. The summed E-state index contributed by atoms with van der Waals surface area (Å²) >= 11 is 5.35. The van der Waals surface area contributed by atoms with E-state index in [4.69, 9.17) is 17.0 Å². The summed E-state index contributed by atoms with van der Waals surface area (Å²) in [5, 5.41) is 7.94. The van der Waals surface area contributed by atoms with Crippen LogP contribution < -0.4 is 20.3 Å². The molecule has 0 aliphatic carbocycles. The zero-order valence-corrected chi connectivity index (χ0v) is 19.4. The van der Waals surface area contributed by atoms with Crippen LogP contribution in [0, 0.1) is 0 Å². The number of hydrogen-bond acceptors (Lipinski definition) is 5. The number of rotatable bonds is 4. The lowest BCUT2D eigenvalue weighted by Gasteiger charge is -2.35. The molecule has 0 unspecified atom stereocenters. The highest BCUT2D eigenvalue weighted by molar-refractivity contribution is 7.80. The minimum absolute atomic E-state index is 0.117. The SMILES string of the molecule is COc1cc2ccccc2cc1C(=O)NC(=S)Nc1ccc(N2CCN(C(C)=O)CC2)cc1. The van der Waals surface area contributed by atoms with Crippen LogP contribution in [0.25, 0.3) is 10.8 Å². The third-order valence-electron chi connectivity index (χ3n) is 5.75. The Morgan fingerprint density at radius 2 is 1.58 bits per heavy atom. The van der Waals surface area contributed by atoms with Crippen molar-refractivity contribution in [3.05, 3.63) is 66.2 Å². The molecule has 0 radical (unpaired) electrons. The second-order valence-corrected chi connectivity index (χ2v) is 8.26. The normalized spacial score (nSPS) is 13.5. The fraction of sp³-hybridized carbons (Fsp3) is 0.240. The van der Waals surface area contributed by atoms with Crippen LogP contribution in [-0.4, -0.2) is 55.1 Å². The summed E-state index contributed by atoms with van der Waals surface area (Å²) in [7, 11) is 1.54. The maximum absolute atomic E-state index is 12.9. The second kappa shape index (κ2) is 9.87. The monoisotopic (exact) mass is 462 g/mol. The number of nitrogens with one attached hydrogen (secondary N) is 2. The third-order valence-corrected chi connectivity index (χ3v) is 5.96. The third kappa shape index (κ3) is 5.23. The van der Waals surface area contributed by atoms with Crippen LogP contribution in [0.4, 0.5) is 11.4 Å². The van der Waals surface area contributed by atoms with E-state index in [1.807, 2.05) is 59.5 Å². The van der Waals surface area contributed by atoms with Crippen LogP contribution >= 0.6 is 12.2 Å². The van der Waals surface area contributed by atoms with Gasteiger partial charge in [0.05, 0.1) is 12.7 Å². The molecule has 0 aromatic heterocycles. The lowest BCUT2D eigenvalue weighted by Crippen LogP contribution is -2.48. The highest BCUT2D eigenvalue weighted by Crippen LogP contribution is 2.26. The number of carbonyl (C=O) groups is 2. The molecular formula is C25H26N4O3S. The Balaban J connectivity index is 1.37. The zero-order valence-electron chi connectivity index (χ0n) is 18.6. The molecule has 33 heavy (non-hydrogen) atoms. The Morgan fingerprint density at radius 3 is 2.18 bits per heavy atom. The van der Waals surface area contributed by atoms with E-state index in [9.17, 15) is 9.59 Å². The molecule has 7 nitrogen and oxygen atoms in total. The van der Waals surface area contributed by atoms with Gasteiger partial charge in [-0.15, -0.1) is 0 Å².